The highest BCUT2D eigenvalue weighted by Crippen LogP contribution is 2.34. The highest BCUT2D eigenvalue weighted by Gasteiger charge is 2.35. The molecule has 0 aliphatic carbocycles. The molecule has 1 saturated heterocycles. The van der Waals surface area contributed by atoms with Crippen LogP contribution in [0.4, 0.5) is 0 Å². The van der Waals surface area contributed by atoms with Crippen LogP contribution in [0.2, 0.25) is 0 Å². The maximum Gasteiger partial charge on any atom is 0.0816 e. The van der Waals surface area contributed by atoms with Crippen LogP contribution in [0.5, 0.6) is 0 Å². The Morgan fingerprint density at radius 3 is 2.86 bits per heavy atom. The van der Waals surface area contributed by atoms with Crippen molar-refractivity contribution in [2.24, 2.45) is 0 Å². The summed E-state index contributed by atoms with van der Waals surface area (Å²) in [4.78, 5) is 0. The van der Waals surface area contributed by atoms with E-state index in [1.165, 1.54) is 32.1 Å². The molecule has 1 heterocycles. The van der Waals surface area contributed by atoms with Gasteiger partial charge in [0, 0.05) is 7.11 Å². The van der Waals surface area contributed by atoms with Crippen molar-refractivity contribution < 1.29 is 9.47 Å². The summed E-state index contributed by atoms with van der Waals surface area (Å²) in [5.41, 5.74) is 0.137. The van der Waals surface area contributed by atoms with Gasteiger partial charge in [-0.2, -0.15) is 0 Å². The SMILES string of the molecule is CCCCCC1(C)CCC(COC)O1. The van der Waals surface area contributed by atoms with Crippen molar-refractivity contribution in [1.29, 1.82) is 0 Å². The van der Waals surface area contributed by atoms with Crippen LogP contribution in [0.15, 0.2) is 0 Å². The Bertz CT molecular complexity index is 158. The lowest BCUT2D eigenvalue weighted by Gasteiger charge is -2.24. The summed E-state index contributed by atoms with van der Waals surface area (Å²) >= 11 is 0. The fourth-order valence-electron chi connectivity index (χ4n) is 2.22. The van der Waals surface area contributed by atoms with Crippen molar-refractivity contribution in [2.45, 2.75) is 64.1 Å². The van der Waals surface area contributed by atoms with E-state index in [0.717, 1.165) is 13.0 Å². The van der Waals surface area contributed by atoms with E-state index in [9.17, 15) is 0 Å². The lowest BCUT2D eigenvalue weighted by atomic mass is 9.95. The Morgan fingerprint density at radius 2 is 2.21 bits per heavy atom. The molecule has 84 valence electrons. The number of ether oxygens (including phenoxy) is 2. The van der Waals surface area contributed by atoms with E-state index in [4.69, 9.17) is 9.47 Å². The van der Waals surface area contributed by atoms with Gasteiger partial charge in [0.05, 0.1) is 18.3 Å². The zero-order chi connectivity index (χ0) is 10.4. The molecule has 1 aliphatic rings. The van der Waals surface area contributed by atoms with Gasteiger partial charge in [-0.05, 0) is 26.2 Å². The minimum absolute atomic E-state index is 0.137. The molecule has 0 bridgehead atoms. The Hall–Kier alpha value is -0.0800. The summed E-state index contributed by atoms with van der Waals surface area (Å²) in [7, 11) is 1.75. The first-order valence-corrected chi connectivity index (χ1v) is 5.87. The molecule has 0 radical (unpaired) electrons. The average molecular weight is 200 g/mol. The second-order valence-corrected chi connectivity index (χ2v) is 4.64. The largest absolute Gasteiger partial charge is 0.382 e. The summed E-state index contributed by atoms with van der Waals surface area (Å²) in [6.07, 6.45) is 7.83. The molecule has 0 N–H and O–H groups in total. The molecule has 14 heavy (non-hydrogen) atoms. The van der Waals surface area contributed by atoms with Gasteiger partial charge >= 0.3 is 0 Å². The van der Waals surface area contributed by atoms with Crippen LogP contribution in [-0.4, -0.2) is 25.4 Å². The molecule has 0 spiro atoms. The lowest BCUT2D eigenvalue weighted by molar-refractivity contribution is -0.0600. The van der Waals surface area contributed by atoms with Crippen LogP contribution in [0.1, 0.15) is 52.4 Å². The number of rotatable bonds is 6. The van der Waals surface area contributed by atoms with Crippen LogP contribution < -0.4 is 0 Å². The standard InChI is InChI=1S/C12H24O2/c1-4-5-6-8-12(2)9-7-11(14-12)10-13-3/h11H,4-10H2,1-3H3. The smallest absolute Gasteiger partial charge is 0.0816 e. The van der Waals surface area contributed by atoms with Gasteiger partial charge in [-0.15, -0.1) is 0 Å². The normalized spacial score (nSPS) is 32.4. The molecule has 2 heteroatoms. The monoisotopic (exact) mass is 200 g/mol. The first-order valence-electron chi connectivity index (χ1n) is 5.87. The molecule has 0 aromatic heterocycles. The average Bonchev–Trinajstić information content (AvgIpc) is 2.49. The van der Waals surface area contributed by atoms with Crippen LogP contribution in [0.3, 0.4) is 0 Å². The van der Waals surface area contributed by atoms with Crippen LogP contribution in [-0.2, 0) is 9.47 Å². The maximum atomic E-state index is 6.01. The molecule has 0 amide bonds. The molecule has 1 rings (SSSR count). The summed E-state index contributed by atoms with van der Waals surface area (Å²) in [6.45, 7) is 5.24. The van der Waals surface area contributed by atoms with Crippen LogP contribution in [0.25, 0.3) is 0 Å². The predicted molar refractivity (Wildman–Crippen MR) is 58.5 cm³/mol. The van der Waals surface area contributed by atoms with Crippen molar-refractivity contribution in [1.82, 2.24) is 0 Å². The second kappa shape index (κ2) is 5.72. The lowest BCUT2D eigenvalue weighted by Crippen LogP contribution is -2.26. The zero-order valence-corrected chi connectivity index (χ0v) is 9.84. The molecule has 0 aromatic rings. The minimum Gasteiger partial charge on any atom is -0.382 e. The highest BCUT2D eigenvalue weighted by atomic mass is 16.5. The summed E-state index contributed by atoms with van der Waals surface area (Å²) < 4.78 is 11.1. The Labute approximate surface area is 88.0 Å². The van der Waals surface area contributed by atoms with Gasteiger partial charge in [-0.1, -0.05) is 26.2 Å². The minimum atomic E-state index is 0.137. The quantitative estimate of drug-likeness (QED) is 0.613. The summed E-state index contributed by atoms with van der Waals surface area (Å²) in [6, 6.07) is 0. The van der Waals surface area contributed by atoms with Crippen LogP contribution >= 0.6 is 0 Å². The van der Waals surface area contributed by atoms with Crippen molar-refractivity contribution in [3.05, 3.63) is 0 Å². The number of hydrogen-bond donors (Lipinski definition) is 0. The number of hydrogen-bond acceptors (Lipinski definition) is 2. The van der Waals surface area contributed by atoms with E-state index >= 15 is 0 Å². The van der Waals surface area contributed by atoms with Crippen molar-refractivity contribution >= 4 is 0 Å². The van der Waals surface area contributed by atoms with Gasteiger partial charge < -0.3 is 9.47 Å². The van der Waals surface area contributed by atoms with Gasteiger partial charge in [-0.25, -0.2) is 0 Å². The molecule has 0 aromatic carbocycles. The van der Waals surface area contributed by atoms with Gasteiger partial charge in [0.15, 0.2) is 0 Å². The molecular formula is C12H24O2. The van der Waals surface area contributed by atoms with E-state index in [-0.39, 0.29) is 5.60 Å². The summed E-state index contributed by atoms with van der Waals surface area (Å²) in [5, 5.41) is 0. The molecular weight excluding hydrogens is 176 g/mol. The third-order valence-electron chi connectivity index (χ3n) is 3.11. The van der Waals surface area contributed by atoms with Gasteiger partial charge in [0.2, 0.25) is 0 Å². The van der Waals surface area contributed by atoms with E-state index in [1.54, 1.807) is 7.11 Å². The maximum absolute atomic E-state index is 6.01. The molecule has 1 aliphatic heterocycles. The van der Waals surface area contributed by atoms with E-state index in [2.05, 4.69) is 13.8 Å². The fourth-order valence-corrected chi connectivity index (χ4v) is 2.22. The molecule has 2 atom stereocenters. The predicted octanol–water partition coefficient (Wildman–Crippen LogP) is 3.15. The van der Waals surface area contributed by atoms with E-state index < -0.39 is 0 Å². The summed E-state index contributed by atoms with van der Waals surface area (Å²) in [5.74, 6) is 0. The first kappa shape index (κ1) is 12.0. The third-order valence-corrected chi connectivity index (χ3v) is 3.11. The second-order valence-electron chi connectivity index (χ2n) is 4.64. The molecule has 0 saturated carbocycles. The van der Waals surface area contributed by atoms with Gasteiger partial charge in [0.1, 0.15) is 0 Å². The molecule has 1 fully saturated rings. The molecule has 2 unspecified atom stereocenters. The third kappa shape index (κ3) is 3.58. The van der Waals surface area contributed by atoms with Crippen molar-refractivity contribution in [2.75, 3.05) is 13.7 Å². The Kier molecular flexibility index (Phi) is 4.90. The number of unbranched alkanes of at least 4 members (excludes halogenated alkanes) is 2. The van der Waals surface area contributed by atoms with Crippen LogP contribution in [0, 0.1) is 0 Å². The Morgan fingerprint density at radius 1 is 1.43 bits per heavy atom. The Balaban J connectivity index is 2.22. The van der Waals surface area contributed by atoms with Gasteiger partial charge in [-0.3, -0.25) is 0 Å². The highest BCUT2D eigenvalue weighted by molar-refractivity contribution is 4.84. The zero-order valence-electron chi connectivity index (χ0n) is 9.84. The van der Waals surface area contributed by atoms with Crippen molar-refractivity contribution in [3.63, 3.8) is 0 Å². The molecule has 2 nitrogen and oxygen atoms in total. The topological polar surface area (TPSA) is 18.5 Å². The van der Waals surface area contributed by atoms with E-state index in [1.807, 2.05) is 0 Å². The number of methoxy groups -OCH3 is 1. The fraction of sp³-hybridized carbons (Fsp3) is 1.00. The first-order chi connectivity index (χ1) is 6.70. The van der Waals surface area contributed by atoms with E-state index in [0.29, 0.717) is 6.10 Å². The van der Waals surface area contributed by atoms with Gasteiger partial charge in [0.25, 0.3) is 0 Å². The van der Waals surface area contributed by atoms with Crippen molar-refractivity contribution in [3.8, 4) is 0 Å².